The van der Waals surface area contributed by atoms with Gasteiger partial charge in [-0.1, -0.05) is 45.7 Å². The van der Waals surface area contributed by atoms with Crippen LogP contribution in [0.3, 0.4) is 0 Å². The van der Waals surface area contributed by atoms with Gasteiger partial charge in [0, 0.05) is 6.07 Å². The Bertz CT molecular complexity index is 637. The van der Waals surface area contributed by atoms with E-state index in [0.29, 0.717) is 17.7 Å². The molecule has 0 spiro atoms. The highest BCUT2D eigenvalue weighted by Gasteiger charge is 2.29. The third kappa shape index (κ3) is 6.86. The maximum Gasteiger partial charge on any atom is 0.284 e. The number of nitrogens with one attached hydrogen (secondary N) is 1. The fraction of sp³-hybridized carbons (Fsp3) is 0.556. The number of rotatable bonds is 12. The van der Waals surface area contributed by atoms with Crippen LogP contribution in [0, 0.1) is 16.0 Å². The quantitative estimate of drug-likeness (QED) is 0.247. The number of ketones is 2. The molecule has 0 aliphatic rings. The Morgan fingerprint density at radius 1 is 1.27 bits per heavy atom. The highest BCUT2D eigenvalue weighted by Crippen LogP contribution is 2.27. The summed E-state index contributed by atoms with van der Waals surface area (Å²) < 4.78 is 2.94. The lowest BCUT2D eigenvalue weighted by atomic mass is 9.95. The third-order valence-corrected chi connectivity index (χ3v) is 4.81. The number of benzene rings is 1. The number of hydrogen-bond acceptors (Lipinski definition) is 7. The normalized spacial score (nSPS) is 13.4. The summed E-state index contributed by atoms with van der Waals surface area (Å²) in [5, 5.41) is 11.1. The molecule has 0 unspecified atom stereocenters. The molecule has 144 valence electrons. The van der Waals surface area contributed by atoms with Crippen molar-refractivity contribution in [2.24, 2.45) is 11.7 Å². The second-order valence-electron chi connectivity index (χ2n) is 6.60. The first-order valence-electron chi connectivity index (χ1n) is 8.77. The van der Waals surface area contributed by atoms with Gasteiger partial charge in [0.25, 0.3) is 5.69 Å². The van der Waals surface area contributed by atoms with Crippen LogP contribution in [0.5, 0.6) is 0 Å². The average molecular weight is 381 g/mol. The SMILES string of the molecule is CCCC[C@H](NSc1ccccc1[N+](=O)[O-])C(=O)C(=O)[C@@H](N)CC(C)C. The lowest BCUT2D eigenvalue weighted by Gasteiger charge is -2.19. The Hall–Kier alpha value is -1.77. The Balaban J connectivity index is 2.85. The Labute approximate surface area is 158 Å². The summed E-state index contributed by atoms with van der Waals surface area (Å²) in [6.45, 7) is 5.87. The zero-order valence-corrected chi connectivity index (χ0v) is 16.3. The molecule has 3 N–H and O–H groups in total. The van der Waals surface area contributed by atoms with Gasteiger partial charge in [-0.3, -0.25) is 19.7 Å². The predicted molar refractivity (Wildman–Crippen MR) is 103 cm³/mol. The van der Waals surface area contributed by atoms with Crippen molar-refractivity contribution in [3.05, 3.63) is 34.4 Å². The van der Waals surface area contributed by atoms with Crippen LogP contribution in [0.25, 0.3) is 0 Å². The van der Waals surface area contributed by atoms with E-state index in [2.05, 4.69) is 4.72 Å². The van der Waals surface area contributed by atoms with Crippen molar-refractivity contribution in [2.45, 2.75) is 63.4 Å². The number of para-hydroxylation sites is 1. The lowest BCUT2D eigenvalue weighted by molar-refractivity contribution is -0.387. The van der Waals surface area contributed by atoms with Crippen LogP contribution in [0.4, 0.5) is 5.69 Å². The van der Waals surface area contributed by atoms with Gasteiger partial charge in [0.05, 0.1) is 17.0 Å². The highest BCUT2D eigenvalue weighted by atomic mass is 32.2. The summed E-state index contributed by atoms with van der Waals surface area (Å²) in [5.74, 6) is -0.932. The van der Waals surface area contributed by atoms with E-state index < -0.39 is 28.6 Å². The number of nitrogens with zero attached hydrogens (tertiary/aromatic N) is 1. The van der Waals surface area contributed by atoms with E-state index in [4.69, 9.17) is 5.73 Å². The summed E-state index contributed by atoms with van der Waals surface area (Å²) in [7, 11) is 0. The van der Waals surface area contributed by atoms with Crippen molar-refractivity contribution in [1.29, 1.82) is 0 Å². The largest absolute Gasteiger partial charge is 0.321 e. The molecule has 8 heteroatoms. The second kappa shape index (κ2) is 11.1. The molecule has 1 rings (SSSR count). The van der Waals surface area contributed by atoms with E-state index in [-0.39, 0.29) is 11.6 Å². The van der Waals surface area contributed by atoms with Crippen LogP contribution in [0.1, 0.15) is 46.5 Å². The summed E-state index contributed by atoms with van der Waals surface area (Å²) >= 11 is 1.000. The number of Topliss-reactive ketones (excluding diaryl/α,β-unsaturated/α-hetero) is 2. The number of carbonyl (C=O) groups is 2. The number of nitro groups is 1. The molecule has 2 atom stereocenters. The summed E-state index contributed by atoms with van der Waals surface area (Å²) in [4.78, 5) is 35.9. The molecule has 26 heavy (non-hydrogen) atoms. The molecule has 0 amide bonds. The maximum atomic E-state index is 12.6. The van der Waals surface area contributed by atoms with Crippen molar-refractivity contribution in [3.8, 4) is 0 Å². The van der Waals surface area contributed by atoms with Gasteiger partial charge in [-0.15, -0.1) is 0 Å². The molecule has 0 heterocycles. The molecule has 0 saturated heterocycles. The van der Waals surface area contributed by atoms with Crippen molar-refractivity contribution in [2.75, 3.05) is 0 Å². The van der Waals surface area contributed by atoms with E-state index in [9.17, 15) is 19.7 Å². The Morgan fingerprint density at radius 2 is 1.92 bits per heavy atom. The number of carbonyl (C=O) groups excluding carboxylic acids is 2. The predicted octanol–water partition coefficient (Wildman–Crippen LogP) is 3.26. The zero-order chi connectivity index (χ0) is 19.7. The van der Waals surface area contributed by atoms with Gasteiger partial charge in [-0.25, -0.2) is 4.72 Å². The number of unbranched alkanes of at least 4 members (excludes halogenated alkanes) is 1. The fourth-order valence-corrected chi connectivity index (χ4v) is 3.34. The summed E-state index contributed by atoms with van der Waals surface area (Å²) in [6.07, 6.45) is 2.55. The minimum atomic E-state index is -0.815. The van der Waals surface area contributed by atoms with Crippen LogP contribution in [0.15, 0.2) is 29.2 Å². The van der Waals surface area contributed by atoms with Crippen molar-refractivity contribution in [3.63, 3.8) is 0 Å². The number of hydrogen-bond donors (Lipinski definition) is 2. The first-order chi connectivity index (χ1) is 12.3. The smallest absolute Gasteiger partial charge is 0.284 e. The van der Waals surface area contributed by atoms with Gasteiger partial charge >= 0.3 is 0 Å². The number of nitro benzene ring substituents is 1. The molecule has 1 aromatic rings. The Morgan fingerprint density at radius 3 is 2.50 bits per heavy atom. The van der Waals surface area contributed by atoms with E-state index in [1.807, 2.05) is 20.8 Å². The molecule has 0 fully saturated rings. The van der Waals surface area contributed by atoms with Gasteiger partial charge < -0.3 is 5.73 Å². The third-order valence-electron chi connectivity index (χ3n) is 3.84. The van der Waals surface area contributed by atoms with Gasteiger partial charge in [0.1, 0.15) is 4.90 Å². The maximum absolute atomic E-state index is 12.6. The minimum Gasteiger partial charge on any atom is -0.321 e. The lowest BCUT2D eigenvalue weighted by Crippen LogP contribution is -2.45. The molecule has 7 nitrogen and oxygen atoms in total. The summed E-state index contributed by atoms with van der Waals surface area (Å²) in [5.41, 5.74) is 5.82. The molecular formula is C18H27N3O4S. The van der Waals surface area contributed by atoms with E-state index in [1.165, 1.54) is 6.07 Å². The van der Waals surface area contributed by atoms with Crippen molar-refractivity contribution in [1.82, 2.24) is 4.72 Å². The molecule has 0 aromatic heterocycles. The molecule has 0 radical (unpaired) electrons. The molecular weight excluding hydrogens is 354 g/mol. The van der Waals surface area contributed by atoms with Gasteiger partial charge in [0.15, 0.2) is 0 Å². The Kier molecular flexibility index (Phi) is 9.47. The molecule has 0 aliphatic carbocycles. The van der Waals surface area contributed by atoms with E-state index in [1.54, 1.807) is 18.2 Å². The standard InChI is InChI=1S/C18H27N3O4S/c1-4-5-8-14(18(23)17(22)13(19)11-12(2)3)20-26-16-10-7-6-9-15(16)21(24)25/h6-7,9-10,12-14,20H,4-5,8,11,19H2,1-3H3/t13-,14-/m0/s1. The van der Waals surface area contributed by atoms with Crippen molar-refractivity contribution < 1.29 is 14.5 Å². The molecule has 0 saturated carbocycles. The fourth-order valence-electron chi connectivity index (χ4n) is 2.45. The number of nitrogens with two attached hydrogens (primary N) is 1. The second-order valence-corrected chi connectivity index (χ2v) is 7.48. The highest BCUT2D eigenvalue weighted by molar-refractivity contribution is 7.97. The molecule has 0 bridgehead atoms. The van der Waals surface area contributed by atoms with Gasteiger partial charge in [-0.2, -0.15) is 0 Å². The average Bonchev–Trinajstić information content (AvgIpc) is 2.60. The topological polar surface area (TPSA) is 115 Å². The van der Waals surface area contributed by atoms with Crippen LogP contribution >= 0.6 is 11.9 Å². The minimum absolute atomic E-state index is 0.0467. The van der Waals surface area contributed by atoms with Crippen LogP contribution in [0.2, 0.25) is 0 Å². The zero-order valence-electron chi connectivity index (χ0n) is 15.4. The molecule has 0 aliphatic heterocycles. The van der Waals surface area contributed by atoms with Gasteiger partial charge in [-0.05, 0) is 36.8 Å². The van der Waals surface area contributed by atoms with E-state index >= 15 is 0 Å². The summed E-state index contributed by atoms with van der Waals surface area (Å²) in [6, 6.07) is 4.73. The monoisotopic (exact) mass is 381 g/mol. The van der Waals surface area contributed by atoms with Crippen LogP contribution in [-0.4, -0.2) is 28.6 Å². The van der Waals surface area contributed by atoms with Crippen LogP contribution < -0.4 is 10.5 Å². The van der Waals surface area contributed by atoms with E-state index in [0.717, 1.165) is 24.8 Å². The van der Waals surface area contributed by atoms with Crippen molar-refractivity contribution >= 4 is 29.2 Å². The first-order valence-corrected chi connectivity index (χ1v) is 9.59. The molecule has 1 aromatic carbocycles. The van der Waals surface area contributed by atoms with Gasteiger partial charge in [0.2, 0.25) is 11.6 Å². The first kappa shape index (κ1) is 22.3. The van der Waals surface area contributed by atoms with Crippen LogP contribution in [-0.2, 0) is 9.59 Å².